The van der Waals surface area contributed by atoms with Crippen molar-refractivity contribution in [1.29, 1.82) is 0 Å². The molecule has 2 rings (SSSR count). The zero-order valence-electron chi connectivity index (χ0n) is 11.7. The third-order valence-electron chi connectivity index (χ3n) is 3.65. The summed E-state index contributed by atoms with van der Waals surface area (Å²) >= 11 is 12.2. The molecule has 0 aromatic heterocycles. The van der Waals surface area contributed by atoms with Crippen LogP contribution in [-0.4, -0.2) is 39.0 Å². The van der Waals surface area contributed by atoms with E-state index >= 15 is 0 Å². The molecule has 2 N–H and O–H groups in total. The monoisotopic (exact) mass is 352 g/mol. The Balaban J connectivity index is 2.40. The number of benzene rings is 1. The van der Waals surface area contributed by atoms with Gasteiger partial charge in [-0.1, -0.05) is 23.2 Å². The number of piperidine rings is 1. The van der Waals surface area contributed by atoms with Crippen molar-refractivity contribution in [2.75, 3.05) is 20.2 Å². The minimum absolute atomic E-state index is 0.0470. The Hall–Kier alpha value is -0.370. The van der Waals surface area contributed by atoms with Gasteiger partial charge in [0, 0.05) is 37.3 Å². The predicted octanol–water partition coefficient (Wildman–Crippen LogP) is 2.25. The number of nitrogens with two attached hydrogens (primary N) is 1. The Kier molecular flexibility index (Phi) is 5.51. The van der Waals surface area contributed by atoms with Gasteiger partial charge in [-0.25, -0.2) is 8.42 Å². The van der Waals surface area contributed by atoms with Gasteiger partial charge in [-0.2, -0.15) is 4.31 Å². The molecule has 0 radical (unpaired) electrons. The molecule has 8 heteroatoms. The van der Waals surface area contributed by atoms with Gasteiger partial charge in [0.25, 0.3) is 0 Å². The Morgan fingerprint density at radius 3 is 2.76 bits per heavy atom. The van der Waals surface area contributed by atoms with E-state index < -0.39 is 10.0 Å². The molecule has 1 saturated heterocycles. The first-order valence-electron chi connectivity index (χ1n) is 6.61. The highest BCUT2D eigenvalue weighted by atomic mass is 35.5. The zero-order chi connectivity index (χ0) is 15.6. The first kappa shape index (κ1) is 17.0. The second-order valence-corrected chi connectivity index (χ2v) is 7.60. The lowest BCUT2D eigenvalue weighted by Crippen LogP contribution is -2.42. The molecule has 1 aliphatic rings. The number of hydrogen-bond acceptors (Lipinski definition) is 4. The minimum atomic E-state index is -3.68. The first-order chi connectivity index (χ1) is 9.91. The zero-order valence-corrected chi connectivity index (χ0v) is 14.0. The number of hydrogen-bond donors (Lipinski definition) is 1. The second kappa shape index (κ2) is 6.81. The molecular formula is C13H18Cl2N2O3S. The summed E-state index contributed by atoms with van der Waals surface area (Å²) in [6.45, 7) is 0.872. The van der Waals surface area contributed by atoms with Crippen LogP contribution in [0.5, 0.6) is 0 Å². The normalized spacial score (nSPS) is 20.7. The van der Waals surface area contributed by atoms with Crippen molar-refractivity contribution in [3.8, 4) is 0 Å². The van der Waals surface area contributed by atoms with E-state index in [1.165, 1.54) is 16.4 Å². The Bertz CT molecular complexity index is 622. The number of nitrogens with zero attached hydrogens (tertiary/aromatic N) is 1. The highest BCUT2D eigenvalue weighted by molar-refractivity contribution is 7.89. The van der Waals surface area contributed by atoms with Crippen molar-refractivity contribution in [3.63, 3.8) is 0 Å². The van der Waals surface area contributed by atoms with Gasteiger partial charge in [-0.05, 0) is 25.0 Å². The summed E-state index contributed by atoms with van der Waals surface area (Å²) in [5.41, 5.74) is 6.03. The van der Waals surface area contributed by atoms with Gasteiger partial charge in [0.05, 0.1) is 11.1 Å². The van der Waals surface area contributed by atoms with E-state index in [-0.39, 0.29) is 22.6 Å². The third-order valence-corrected chi connectivity index (χ3v) is 6.45. The molecule has 1 aromatic rings. The lowest BCUT2D eigenvalue weighted by Gasteiger charge is -2.31. The minimum Gasteiger partial charge on any atom is -0.380 e. The van der Waals surface area contributed by atoms with E-state index in [1.54, 1.807) is 7.11 Å². The summed E-state index contributed by atoms with van der Waals surface area (Å²) in [4.78, 5) is 0.0470. The maximum absolute atomic E-state index is 12.8. The SMILES string of the molecule is COC1CCCN(S(=O)(=O)c2ccc(Cl)c(CN)c2Cl)C1. The fourth-order valence-electron chi connectivity index (χ4n) is 2.42. The van der Waals surface area contributed by atoms with Crippen LogP contribution in [0.3, 0.4) is 0 Å². The number of halogens is 2. The summed E-state index contributed by atoms with van der Waals surface area (Å²) in [6, 6.07) is 2.94. The lowest BCUT2D eigenvalue weighted by molar-refractivity contribution is 0.0572. The van der Waals surface area contributed by atoms with Crippen molar-refractivity contribution in [2.24, 2.45) is 5.73 Å². The van der Waals surface area contributed by atoms with Gasteiger partial charge < -0.3 is 10.5 Å². The van der Waals surface area contributed by atoms with E-state index in [9.17, 15) is 8.42 Å². The third kappa shape index (κ3) is 3.36. The lowest BCUT2D eigenvalue weighted by atomic mass is 10.1. The average molecular weight is 353 g/mol. The van der Waals surface area contributed by atoms with Crippen LogP contribution in [0.15, 0.2) is 17.0 Å². The maximum Gasteiger partial charge on any atom is 0.244 e. The average Bonchev–Trinajstić information content (AvgIpc) is 2.47. The molecular weight excluding hydrogens is 335 g/mol. The van der Waals surface area contributed by atoms with E-state index in [2.05, 4.69) is 0 Å². The summed E-state index contributed by atoms with van der Waals surface area (Å²) in [5.74, 6) is 0. The summed E-state index contributed by atoms with van der Waals surface area (Å²) in [7, 11) is -2.09. The second-order valence-electron chi connectivity index (χ2n) is 4.91. The molecule has 0 spiro atoms. The molecule has 1 unspecified atom stereocenters. The molecule has 5 nitrogen and oxygen atoms in total. The Labute approximate surface area is 135 Å². The highest BCUT2D eigenvalue weighted by Crippen LogP contribution is 2.33. The fourth-order valence-corrected chi connectivity index (χ4v) is 4.83. The largest absolute Gasteiger partial charge is 0.380 e. The van der Waals surface area contributed by atoms with Gasteiger partial charge in [0.2, 0.25) is 10.0 Å². The van der Waals surface area contributed by atoms with Gasteiger partial charge >= 0.3 is 0 Å². The molecule has 0 amide bonds. The van der Waals surface area contributed by atoms with Crippen molar-refractivity contribution in [2.45, 2.75) is 30.4 Å². The molecule has 1 aliphatic heterocycles. The number of sulfonamides is 1. The summed E-state index contributed by atoms with van der Waals surface area (Å²) < 4.78 is 32.2. The molecule has 1 fully saturated rings. The van der Waals surface area contributed by atoms with E-state index in [0.29, 0.717) is 23.7 Å². The molecule has 0 saturated carbocycles. The number of ether oxygens (including phenoxy) is 1. The topological polar surface area (TPSA) is 72.6 Å². The molecule has 21 heavy (non-hydrogen) atoms. The summed E-state index contributed by atoms with van der Waals surface area (Å²) in [6.07, 6.45) is 1.52. The van der Waals surface area contributed by atoms with Crippen molar-refractivity contribution >= 4 is 33.2 Å². The first-order valence-corrected chi connectivity index (χ1v) is 8.81. The van der Waals surface area contributed by atoms with Crippen molar-refractivity contribution in [3.05, 3.63) is 27.7 Å². The van der Waals surface area contributed by atoms with Crippen molar-refractivity contribution in [1.82, 2.24) is 4.31 Å². The van der Waals surface area contributed by atoms with Crippen LogP contribution in [0, 0.1) is 0 Å². The molecule has 0 bridgehead atoms. The number of rotatable bonds is 4. The van der Waals surface area contributed by atoms with E-state index in [1.807, 2.05) is 0 Å². The Morgan fingerprint density at radius 2 is 2.14 bits per heavy atom. The van der Waals surface area contributed by atoms with Crippen molar-refractivity contribution < 1.29 is 13.2 Å². The van der Waals surface area contributed by atoms with Crippen LogP contribution in [0.25, 0.3) is 0 Å². The van der Waals surface area contributed by atoms with Crippen LogP contribution in [0.4, 0.5) is 0 Å². The van der Waals surface area contributed by atoms with Gasteiger partial charge in [0.15, 0.2) is 0 Å². The molecule has 1 atom stereocenters. The van der Waals surface area contributed by atoms with Gasteiger partial charge in [0.1, 0.15) is 4.90 Å². The summed E-state index contributed by atoms with van der Waals surface area (Å²) in [5, 5.41) is 0.472. The standard InChI is InChI=1S/C13H18Cl2N2O3S/c1-20-9-3-2-6-17(8-9)21(18,19)12-5-4-11(14)10(7-16)13(12)15/h4-5,9H,2-3,6-8,16H2,1H3. The molecule has 1 heterocycles. The number of methoxy groups -OCH3 is 1. The van der Waals surface area contributed by atoms with Crippen LogP contribution in [0.1, 0.15) is 18.4 Å². The smallest absolute Gasteiger partial charge is 0.244 e. The molecule has 1 aromatic carbocycles. The maximum atomic E-state index is 12.8. The van der Waals surface area contributed by atoms with Gasteiger partial charge in [-0.3, -0.25) is 0 Å². The molecule has 118 valence electrons. The quantitative estimate of drug-likeness (QED) is 0.901. The van der Waals surface area contributed by atoms with Crippen LogP contribution < -0.4 is 5.73 Å². The fraction of sp³-hybridized carbons (Fsp3) is 0.538. The van der Waals surface area contributed by atoms with Crippen LogP contribution in [-0.2, 0) is 21.3 Å². The van der Waals surface area contributed by atoms with E-state index in [0.717, 1.165) is 12.8 Å². The van der Waals surface area contributed by atoms with Gasteiger partial charge in [-0.15, -0.1) is 0 Å². The van der Waals surface area contributed by atoms with E-state index in [4.69, 9.17) is 33.7 Å². The van der Waals surface area contributed by atoms with Crippen LogP contribution in [0.2, 0.25) is 10.0 Å². The Morgan fingerprint density at radius 1 is 1.43 bits per heavy atom. The highest BCUT2D eigenvalue weighted by Gasteiger charge is 2.32. The van der Waals surface area contributed by atoms with Crippen LogP contribution >= 0.6 is 23.2 Å². The predicted molar refractivity (Wildman–Crippen MR) is 83.1 cm³/mol. The molecule has 0 aliphatic carbocycles.